The van der Waals surface area contributed by atoms with Crippen molar-refractivity contribution in [3.8, 4) is 0 Å². The lowest BCUT2D eigenvalue weighted by Crippen LogP contribution is -2.33. The number of aromatic nitrogens is 1. The zero-order valence-corrected chi connectivity index (χ0v) is 9.27. The first kappa shape index (κ1) is 12.2. The second kappa shape index (κ2) is 5.25. The molecular weight excluding hydrogens is 208 g/mol. The standard InChI is InChI=1S/C11H14N2O3/c1-3-7-13(8(2)14)10-9(11(15)16)5-4-6-12-10/h4-6H,3,7H2,1-2H3,(H,15,16)/p-1. The highest BCUT2D eigenvalue weighted by Gasteiger charge is 2.15. The summed E-state index contributed by atoms with van der Waals surface area (Å²) in [6.07, 6.45) is 2.18. The number of anilines is 1. The number of carbonyl (C=O) groups is 2. The SMILES string of the molecule is CCCN(C(C)=O)c1ncccc1C(=O)[O-]. The van der Waals surface area contributed by atoms with Crippen LogP contribution in [0.1, 0.15) is 30.6 Å². The molecule has 16 heavy (non-hydrogen) atoms. The Morgan fingerprint density at radius 3 is 2.69 bits per heavy atom. The van der Waals surface area contributed by atoms with Crippen LogP contribution >= 0.6 is 0 Å². The maximum atomic E-state index is 11.4. The van der Waals surface area contributed by atoms with Crippen LogP contribution in [0.2, 0.25) is 0 Å². The number of rotatable bonds is 4. The molecule has 5 heteroatoms. The Balaban J connectivity index is 3.17. The normalized spacial score (nSPS) is 9.88. The van der Waals surface area contributed by atoms with E-state index >= 15 is 0 Å². The van der Waals surface area contributed by atoms with E-state index < -0.39 is 5.97 Å². The van der Waals surface area contributed by atoms with E-state index in [9.17, 15) is 14.7 Å². The van der Waals surface area contributed by atoms with Gasteiger partial charge in [-0.05, 0) is 18.6 Å². The molecule has 86 valence electrons. The molecule has 0 aliphatic rings. The van der Waals surface area contributed by atoms with E-state index in [0.29, 0.717) is 6.54 Å². The molecule has 1 amide bonds. The molecule has 1 aromatic heterocycles. The second-order valence-electron chi connectivity index (χ2n) is 3.33. The third-order valence-corrected chi connectivity index (χ3v) is 2.09. The first-order valence-corrected chi connectivity index (χ1v) is 5.02. The van der Waals surface area contributed by atoms with Crippen molar-refractivity contribution in [3.63, 3.8) is 0 Å². The summed E-state index contributed by atoms with van der Waals surface area (Å²) in [7, 11) is 0. The molecule has 1 aromatic rings. The number of hydrogen-bond donors (Lipinski definition) is 0. The summed E-state index contributed by atoms with van der Waals surface area (Å²) in [6, 6.07) is 2.88. The summed E-state index contributed by atoms with van der Waals surface area (Å²) >= 11 is 0. The van der Waals surface area contributed by atoms with E-state index in [1.54, 1.807) is 0 Å². The van der Waals surface area contributed by atoms with Crippen molar-refractivity contribution in [2.24, 2.45) is 0 Å². The van der Waals surface area contributed by atoms with E-state index in [-0.39, 0.29) is 17.3 Å². The van der Waals surface area contributed by atoms with Crippen LogP contribution in [0.25, 0.3) is 0 Å². The van der Waals surface area contributed by atoms with Crippen LogP contribution in [-0.2, 0) is 4.79 Å². The third kappa shape index (κ3) is 2.56. The lowest BCUT2D eigenvalue weighted by atomic mass is 10.2. The molecule has 0 radical (unpaired) electrons. The summed E-state index contributed by atoms with van der Waals surface area (Å²) in [5.41, 5.74) is -0.0637. The van der Waals surface area contributed by atoms with Crippen LogP contribution in [0, 0.1) is 0 Å². The van der Waals surface area contributed by atoms with Crippen molar-refractivity contribution in [2.75, 3.05) is 11.4 Å². The van der Waals surface area contributed by atoms with Gasteiger partial charge in [-0.25, -0.2) is 4.98 Å². The highest BCUT2D eigenvalue weighted by molar-refractivity contribution is 5.99. The molecule has 1 rings (SSSR count). The van der Waals surface area contributed by atoms with E-state index in [4.69, 9.17) is 0 Å². The van der Waals surface area contributed by atoms with E-state index in [2.05, 4.69) is 4.98 Å². The molecule has 5 nitrogen and oxygen atoms in total. The monoisotopic (exact) mass is 221 g/mol. The van der Waals surface area contributed by atoms with Crippen LogP contribution in [0.5, 0.6) is 0 Å². The van der Waals surface area contributed by atoms with Gasteiger partial charge in [-0.15, -0.1) is 0 Å². The minimum Gasteiger partial charge on any atom is -0.545 e. The van der Waals surface area contributed by atoms with Gasteiger partial charge in [-0.2, -0.15) is 0 Å². The molecule has 0 spiro atoms. The molecule has 0 aliphatic heterocycles. The summed E-state index contributed by atoms with van der Waals surface area (Å²) in [6.45, 7) is 3.72. The van der Waals surface area contributed by atoms with Gasteiger partial charge in [0, 0.05) is 25.2 Å². The predicted molar refractivity (Wildman–Crippen MR) is 56.9 cm³/mol. The molecule has 0 aromatic carbocycles. The van der Waals surface area contributed by atoms with Crippen molar-refractivity contribution in [1.82, 2.24) is 4.98 Å². The lowest BCUT2D eigenvalue weighted by Gasteiger charge is -2.22. The van der Waals surface area contributed by atoms with Crippen LogP contribution in [0.15, 0.2) is 18.3 Å². The van der Waals surface area contributed by atoms with Gasteiger partial charge in [-0.3, -0.25) is 9.69 Å². The number of carboxylic acids is 1. The van der Waals surface area contributed by atoms with Crippen LogP contribution in [-0.4, -0.2) is 23.4 Å². The lowest BCUT2D eigenvalue weighted by molar-refractivity contribution is -0.254. The van der Waals surface area contributed by atoms with Gasteiger partial charge in [0.25, 0.3) is 0 Å². The van der Waals surface area contributed by atoms with Gasteiger partial charge in [0.2, 0.25) is 5.91 Å². The molecule has 0 saturated heterocycles. The number of pyridine rings is 1. The van der Waals surface area contributed by atoms with Crippen LogP contribution in [0.3, 0.4) is 0 Å². The minimum absolute atomic E-state index is 0.0637. The quantitative estimate of drug-likeness (QED) is 0.728. The van der Waals surface area contributed by atoms with Gasteiger partial charge >= 0.3 is 0 Å². The Hall–Kier alpha value is -1.91. The van der Waals surface area contributed by atoms with Gasteiger partial charge in [0.15, 0.2) is 0 Å². The average molecular weight is 221 g/mol. The fourth-order valence-corrected chi connectivity index (χ4v) is 1.41. The number of carbonyl (C=O) groups excluding carboxylic acids is 2. The Labute approximate surface area is 93.7 Å². The Morgan fingerprint density at radius 2 is 2.19 bits per heavy atom. The molecule has 0 bridgehead atoms. The van der Waals surface area contributed by atoms with Gasteiger partial charge in [-0.1, -0.05) is 6.92 Å². The third-order valence-electron chi connectivity index (χ3n) is 2.09. The fourth-order valence-electron chi connectivity index (χ4n) is 1.41. The Morgan fingerprint density at radius 1 is 1.50 bits per heavy atom. The molecule has 1 heterocycles. The second-order valence-corrected chi connectivity index (χ2v) is 3.33. The molecule has 0 fully saturated rings. The first-order chi connectivity index (χ1) is 7.57. The zero-order chi connectivity index (χ0) is 12.1. The number of hydrogen-bond acceptors (Lipinski definition) is 4. The van der Waals surface area contributed by atoms with E-state index in [0.717, 1.165) is 6.42 Å². The number of carboxylic acid groups (broad SMARTS) is 1. The van der Waals surface area contributed by atoms with Gasteiger partial charge < -0.3 is 9.90 Å². The molecule has 0 saturated carbocycles. The van der Waals surface area contributed by atoms with Crippen LogP contribution in [0.4, 0.5) is 5.82 Å². The largest absolute Gasteiger partial charge is 0.545 e. The van der Waals surface area contributed by atoms with Crippen LogP contribution < -0.4 is 10.0 Å². The Kier molecular flexibility index (Phi) is 3.99. The molecule has 0 unspecified atom stereocenters. The Bertz CT molecular complexity index is 404. The highest BCUT2D eigenvalue weighted by Crippen LogP contribution is 2.16. The maximum Gasteiger partial charge on any atom is 0.225 e. The number of nitrogens with zero attached hydrogens (tertiary/aromatic N) is 2. The highest BCUT2D eigenvalue weighted by atomic mass is 16.4. The number of amides is 1. The molecule has 0 aliphatic carbocycles. The van der Waals surface area contributed by atoms with Crippen molar-refractivity contribution in [2.45, 2.75) is 20.3 Å². The smallest absolute Gasteiger partial charge is 0.225 e. The summed E-state index contributed by atoms with van der Waals surface area (Å²) in [5, 5.41) is 10.9. The summed E-state index contributed by atoms with van der Waals surface area (Å²) < 4.78 is 0. The fraction of sp³-hybridized carbons (Fsp3) is 0.364. The maximum absolute atomic E-state index is 11.4. The number of aromatic carboxylic acids is 1. The summed E-state index contributed by atoms with van der Waals surface area (Å²) in [4.78, 5) is 27.5. The topological polar surface area (TPSA) is 73.3 Å². The van der Waals surface area contributed by atoms with E-state index in [1.165, 1.54) is 30.2 Å². The molecular formula is C11H13N2O3-. The summed E-state index contributed by atoms with van der Waals surface area (Å²) in [5.74, 6) is -1.41. The zero-order valence-electron chi connectivity index (χ0n) is 9.27. The van der Waals surface area contributed by atoms with Gasteiger partial charge in [0.1, 0.15) is 5.82 Å². The van der Waals surface area contributed by atoms with Crippen molar-refractivity contribution in [3.05, 3.63) is 23.9 Å². The first-order valence-electron chi connectivity index (χ1n) is 5.02. The minimum atomic E-state index is -1.33. The predicted octanol–water partition coefficient (Wildman–Crippen LogP) is 0.208. The average Bonchev–Trinajstić information content (AvgIpc) is 2.25. The molecule has 0 N–H and O–H groups in total. The van der Waals surface area contributed by atoms with E-state index in [1.807, 2.05) is 6.92 Å². The van der Waals surface area contributed by atoms with Crippen molar-refractivity contribution in [1.29, 1.82) is 0 Å². The van der Waals surface area contributed by atoms with Crippen molar-refractivity contribution >= 4 is 17.7 Å². The molecule has 0 atom stereocenters. The van der Waals surface area contributed by atoms with Gasteiger partial charge in [0.05, 0.1) is 5.97 Å². The van der Waals surface area contributed by atoms with Crippen molar-refractivity contribution < 1.29 is 14.7 Å².